The molecule has 2 aromatic carbocycles. The molecule has 0 bridgehead atoms. The quantitative estimate of drug-likeness (QED) is 0.445. The zero-order chi connectivity index (χ0) is 23.7. The normalized spacial score (nSPS) is 14.5. The molecule has 34 heavy (non-hydrogen) atoms. The minimum atomic E-state index is -0.469. The minimum Gasteiger partial charge on any atom is -0.496 e. The van der Waals surface area contributed by atoms with Gasteiger partial charge in [-0.1, -0.05) is 6.07 Å². The van der Waals surface area contributed by atoms with Crippen LogP contribution in [0, 0.1) is 11.6 Å². The smallest absolute Gasteiger partial charge is 0.257 e. The predicted octanol–water partition coefficient (Wildman–Crippen LogP) is 4.25. The third-order valence-electron chi connectivity index (χ3n) is 6.17. The zero-order valence-corrected chi connectivity index (χ0v) is 18.7. The number of pyridine rings is 1. The molecule has 0 unspecified atom stereocenters. The topological polar surface area (TPSA) is 50.1 Å². The van der Waals surface area contributed by atoms with Gasteiger partial charge in [-0.25, -0.2) is 13.8 Å². The highest BCUT2D eigenvalue weighted by Crippen LogP contribution is 2.27. The summed E-state index contributed by atoms with van der Waals surface area (Å²) in [6.07, 6.45) is 1.97. The Kier molecular flexibility index (Phi) is 5.98. The van der Waals surface area contributed by atoms with E-state index in [9.17, 15) is 13.6 Å². The Morgan fingerprint density at radius 2 is 1.71 bits per heavy atom. The van der Waals surface area contributed by atoms with Crippen LogP contribution in [0.4, 0.5) is 8.78 Å². The second-order valence-electron chi connectivity index (χ2n) is 8.26. The van der Waals surface area contributed by atoms with Crippen molar-refractivity contribution in [2.24, 2.45) is 0 Å². The van der Waals surface area contributed by atoms with E-state index in [2.05, 4.69) is 4.90 Å². The first-order valence-electron chi connectivity index (χ1n) is 11.1. The van der Waals surface area contributed by atoms with E-state index >= 15 is 0 Å². The van der Waals surface area contributed by atoms with Crippen LogP contribution < -0.4 is 4.74 Å². The maximum atomic E-state index is 13.7. The first kappa shape index (κ1) is 22.0. The second-order valence-corrected chi connectivity index (χ2v) is 8.26. The lowest BCUT2D eigenvalue weighted by atomic mass is 10.1. The van der Waals surface area contributed by atoms with Gasteiger partial charge >= 0.3 is 0 Å². The van der Waals surface area contributed by atoms with Gasteiger partial charge in [-0.05, 0) is 54.6 Å². The van der Waals surface area contributed by atoms with Crippen molar-refractivity contribution in [2.75, 3.05) is 33.3 Å². The summed E-state index contributed by atoms with van der Waals surface area (Å²) in [4.78, 5) is 21.8. The molecule has 174 valence electrons. The number of rotatable bonds is 5. The summed E-state index contributed by atoms with van der Waals surface area (Å²) in [5.74, 6) is -0.630. The SMILES string of the molecule is COc1ccc(F)cc1C(=O)N1CCN(Cc2c(-c3ccc(F)cc3)nc3ccccn23)CC1. The fourth-order valence-electron chi connectivity index (χ4n) is 4.38. The van der Waals surface area contributed by atoms with Crippen LogP contribution in [0.5, 0.6) is 5.75 Å². The molecule has 1 aliphatic heterocycles. The number of piperazine rings is 1. The molecule has 4 aromatic rings. The Hall–Kier alpha value is -3.78. The van der Waals surface area contributed by atoms with Gasteiger partial charge in [0.2, 0.25) is 0 Å². The maximum Gasteiger partial charge on any atom is 0.257 e. The van der Waals surface area contributed by atoms with Crippen LogP contribution in [0.3, 0.4) is 0 Å². The maximum absolute atomic E-state index is 13.7. The van der Waals surface area contributed by atoms with Gasteiger partial charge in [0.1, 0.15) is 23.0 Å². The van der Waals surface area contributed by atoms with E-state index in [1.807, 2.05) is 28.8 Å². The molecule has 3 heterocycles. The van der Waals surface area contributed by atoms with Crippen molar-refractivity contribution in [3.63, 3.8) is 0 Å². The highest BCUT2D eigenvalue weighted by Gasteiger charge is 2.26. The van der Waals surface area contributed by atoms with Crippen LogP contribution in [0.2, 0.25) is 0 Å². The molecule has 8 heteroatoms. The molecule has 0 spiro atoms. The van der Waals surface area contributed by atoms with Crippen molar-refractivity contribution in [1.29, 1.82) is 0 Å². The van der Waals surface area contributed by atoms with Gasteiger partial charge in [0.25, 0.3) is 5.91 Å². The molecule has 0 N–H and O–H groups in total. The van der Waals surface area contributed by atoms with Gasteiger partial charge in [0.15, 0.2) is 0 Å². The first-order valence-corrected chi connectivity index (χ1v) is 11.1. The molecular formula is C26H24F2N4O2. The number of imidazole rings is 1. The van der Waals surface area contributed by atoms with Crippen molar-refractivity contribution in [1.82, 2.24) is 19.2 Å². The molecule has 1 aliphatic rings. The number of fused-ring (bicyclic) bond motifs is 1. The van der Waals surface area contributed by atoms with Crippen molar-refractivity contribution >= 4 is 11.6 Å². The standard InChI is InChI=1S/C26H24F2N4O2/c1-34-23-10-9-20(28)16-21(23)26(33)31-14-12-30(13-15-31)17-22-25(18-5-7-19(27)8-6-18)29-24-4-2-3-11-32(22)24/h2-11,16H,12-15,17H2,1H3. The Morgan fingerprint density at radius 1 is 0.971 bits per heavy atom. The summed E-state index contributed by atoms with van der Waals surface area (Å²) >= 11 is 0. The number of carbonyl (C=O) groups is 1. The summed E-state index contributed by atoms with van der Waals surface area (Å²) in [6, 6.07) is 16.2. The molecule has 0 aliphatic carbocycles. The number of aromatic nitrogens is 2. The lowest BCUT2D eigenvalue weighted by Gasteiger charge is -2.35. The molecule has 0 radical (unpaired) electrons. The Labute approximate surface area is 196 Å². The Bertz CT molecular complexity index is 1330. The van der Waals surface area contributed by atoms with E-state index in [4.69, 9.17) is 9.72 Å². The lowest BCUT2D eigenvalue weighted by Crippen LogP contribution is -2.48. The monoisotopic (exact) mass is 462 g/mol. The van der Waals surface area contributed by atoms with Crippen LogP contribution >= 0.6 is 0 Å². The van der Waals surface area contributed by atoms with Gasteiger partial charge in [-0.2, -0.15) is 0 Å². The minimum absolute atomic E-state index is 0.233. The van der Waals surface area contributed by atoms with E-state index < -0.39 is 5.82 Å². The Morgan fingerprint density at radius 3 is 2.44 bits per heavy atom. The molecule has 1 fully saturated rings. The molecular weight excluding hydrogens is 438 g/mol. The first-order chi connectivity index (χ1) is 16.5. The summed E-state index contributed by atoms with van der Waals surface area (Å²) in [6.45, 7) is 2.98. The van der Waals surface area contributed by atoms with Crippen LogP contribution in [0.1, 0.15) is 16.1 Å². The summed E-state index contributed by atoms with van der Waals surface area (Å²) in [5, 5.41) is 0. The number of nitrogens with zero attached hydrogens (tertiary/aromatic N) is 4. The van der Waals surface area contributed by atoms with Gasteiger partial charge < -0.3 is 14.0 Å². The summed E-state index contributed by atoms with van der Waals surface area (Å²) in [5.41, 5.74) is 3.73. The van der Waals surface area contributed by atoms with Gasteiger partial charge in [0, 0.05) is 44.5 Å². The zero-order valence-electron chi connectivity index (χ0n) is 18.7. The van der Waals surface area contributed by atoms with Crippen molar-refractivity contribution in [3.05, 3.63) is 89.8 Å². The summed E-state index contributed by atoms with van der Waals surface area (Å²) < 4.78 is 34.5. The van der Waals surface area contributed by atoms with Crippen molar-refractivity contribution in [2.45, 2.75) is 6.54 Å². The number of halogens is 2. The number of hydrogen-bond donors (Lipinski definition) is 0. The third kappa shape index (κ3) is 4.24. The van der Waals surface area contributed by atoms with E-state index in [1.165, 1.54) is 37.4 Å². The summed E-state index contributed by atoms with van der Waals surface area (Å²) in [7, 11) is 1.47. The Balaban J connectivity index is 1.35. The second kappa shape index (κ2) is 9.23. The average molecular weight is 463 g/mol. The molecule has 1 saturated heterocycles. The van der Waals surface area contributed by atoms with E-state index in [0.717, 1.165) is 22.6 Å². The number of hydrogen-bond acceptors (Lipinski definition) is 4. The van der Waals surface area contributed by atoms with E-state index in [1.54, 1.807) is 17.0 Å². The number of methoxy groups -OCH3 is 1. The number of amides is 1. The molecule has 1 amide bonds. The van der Waals surface area contributed by atoms with Crippen LogP contribution in [0.25, 0.3) is 16.9 Å². The molecule has 0 atom stereocenters. The van der Waals surface area contributed by atoms with Gasteiger partial charge in [0.05, 0.1) is 24.1 Å². The fourth-order valence-corrected chi connectivity index (χ4v) is 4.38. The largest absolute Gasteiger partial charge is 0.496 e. The average Bonchev–Trinajstić information content (AvgIpc) is 3.23. The van der Waals surface area contributed by atoms with Crippen LogP contribution in [0.15, 0.2) is 66.9 Å². The number of ether oxygens (including phenoxy) is 1. The van der Waals surface area contributed by atoms with Crippen molar-refractivity contribution < 1.29 is 18.3 Å². The highest BCUT2D eigenvalue weighted by molar-refractivity contribution is 5.97. The number of carbonyl (C=O) groups excluding carboxylic acids is 1. The third-order valence-corrected chi connectivity index (χ3v) is 6.17. The van der Waals surface area contributed by atoms with Gasteiger partial charge in [-0.3, -0.25) is 9.69 Å². The number of benzene rings is 2. The molecule has 5 rings (SSSR count). The van der Waals surface area contributed by atoms with E-state index in [0.29, 0.717) is 38.5 Å². The van der Waals surface area contributed by atoms with Crippen LogP contribution in [-0.4, -0.2) is 58.4 Å². The predicted molar refractivity (Wildman–Crippen MR) is 125 cm³/mol. The van der Waals surface area contributed by atoms with Crippen LogP contribution in [-0.2, 0) is 6.54 Å². The molecule has 6 nitrogen and oxygen atoms in total. The molecule has 2 aromatic heterocycles. The van der Waals surface area contributed by atoms with E-state index in [-0.39, 0.29) is 17.3 Å². The molecule has 0 saturated carbocycles. The van der Waals surface area contributed by atoms with Gasteiger partial charge in [-0.15, -0.1) is 0 Å². The lowest BCUT2D eigenvalue weighted by molar-refractivity contribution is 0.0623. The van der Waals surface area contributed by atoms with Crippen molar-refractivity contribution in [3.8, 4) is 17.0 Å². The fraction of sp³-hybridized carbons (Fsp3) is 0.231. The highest BCUT2D eigenvalue weighted by atomic mass is 19.1.